The van der Waals surface area contributed by atoms with E-state index in [-0.39, 0.29) is 11.6 Å². The number of benzene rings is 1. The summed E-state index contributed by atoms with van der Waals surface area (Å²) < 4.78 is 38.3. The summed E-state index contributed by atoms with van der Waals surface area (Å²) in [4.78, 5) is 0. The number of unbranched alkanes of at least 4 members (excludes halogenated alkanes) is 1. The lowest BCUT2D eigenvalue weighted by molar-refractivity contribution is 0.584. The Bertz CT molecular complexity index is 527. The molecule has 1 aliphatic carbocycles. The number of hydrogen-bond acceptors (Lipinski definition) is 3. The second-order valence-electron chi connectivity index (χ2n) is 5.20. The molecule has 0 atom stereocenters. The van der Waals surface area contributed by atoms with Crippen LogP contribution in [0.15, 0.2) is 24.3 Å². The summed E-state index contributed by atoms with van der Waals surface area (Å²) in [6, 6.07) is 6.14. The van der Waals surface area contributed by atoms with Crippen molar-refractivity contribution in [3.05, 3.63) is 30.1 Å². The van der Waals surface area contributed by atoms with E-state index in [1.54, 1.807) is 0 Å². The Morgan fingerprint density at radius 1 is 1.25 bits per heavy atom. The van der Waals surface area contributed by atoms with Gasteiger partial charge in [0.1, 0.15) is 5.82 Å². The van der Waals surface area contributed by atoms with Gasteiger partial charge in [-0.2, -0.15) is 0 Å². The molecule has 0 amide bonds. The van der Waals surface area contributed by atoms with Crippen LogP contribution < -0.4 is 9.62 Å². The van der Waals surface area contributed by atoms with Crippen molar-refractivity contribution in [1.29, 1.82) is 0 Å². The van der Waals surface area contributed by atoms with Crippen LogP contribution in [0.2, 0.25) is 0 Å². The number of nitrogens with zero attached hydrogens (tertiary/aromatic N) is 1. The zero-order chi connectivity index (χ0) is 14.6. The molecule has 0 aromatic heterocycles. The quantitative estimate of drug-likeness (QED) is 0.748. The molecule has 1 N–H and O–H groups in total. The fraction of sp³-hybridized carbons (Fsp3) is 0.571. The zero-order valence-electron chi connectivity index (χ0n) is 11.7. The zero-order valence-corrected chi connectivity index (χ0v) is 12.5. The highest BCUT2D eigenvalue weighted by Crippen LogP contribution is 2.19. The van der Waals surface area contributed by atoms with Crippen molar-refractivity contribution in [3.63, 3.8) is 0 Å². The summed E-state index contributed by atoms with van der Waals surface area (Å²) in [7, 11) is -1.82. The third kappa shape index (κ3) is 4.45. The Morgan fingerprint density at radius 2 is 1.90 bits per heavy atom. The van der Waals surface area contributed by atoms with E-state index >= 15 is 0 Å². The first-order valence-electron chi connectivity index (χ1n) is 6.94. The van der Waals surface area contributed by atoms with Gasteiger partial charge in [-0.05, 0) is 56.5 Å². The van der Waals surface area contributed by atoms with Gasteiger partial charge < -0.3 is 5.32 Å². The minimum Gasteiger partial charge on any atom is -0.314 e. The Hall–Kier alpha value is -1.14. The van der Waals surface area contributed by atoms with Crippen LogP contribution in [-0.2, 0) is 10.0 Å². The summed E-state index contributed by atoms with van der Waals surface area (Å²) in [6.45, 7) is 0.875. The first kappa shape index (κ1) is 15.3. The van der Waals surface area contributed by atoms with E-state index in [1.165, 1.54) is 48.5 Å². The predicted molar refractivity (Wildman–Crippen MR) is 78.8 cm³/mol. The molecule has 112 valence electrons. The van der Waals surface area contributed by atoms with Gasteiger partial charge >= 0.3 is 0 Å². The second kappa shape index (κ2) is 6.54. The number of nitrogens with one attached hydrogen (secondary N) is 1. The molecule has 0 heterocycles. The van der Waals surface area contributed by atoms with Crippen molar-refractivity contribution in [1.82, 2.24) is 5.32 Å². The summed E-state index contributed by atoms with van der Waals surface area (Å²) in [5.74, 6) is -0.251. The largest absolute Gasteiger partial charge is 0.314 e. The summed E-state index contributed by atoms with van der Waals surface area (Å²) in [5.41, 5.74) is 0.488. The van der Waals surface area contributed by atoms with Crippen LogP contribution in [0, 0.1) is 5.82 Å². The third-order valence-electron chi connectivity index (χ3n) is 3.45. The average Bonchev–Trinajstić information content (AvgIpc) is 3.22. The van der Waals surface area contributed by atoms with Crippen LogP contribution in [-0.4, -0.2) is 33.8 Å². The molecule has 0 saturated heterocycles. The first-order valence-corrected chi connectivity index (χ1v) is 8.55. The van der Waals surface area contributed by atoms with Gasteiger partial charge in [0, 0.05) is 13.1 Å². The molecular formula is C14H21FN2O2S. The van der Waals surface area contributed by atoms with E-state index < -0.39 is 10.0 Å². The topological polar surface area (TPSA) is 49.4 Å². The van der Waals surface area contributed by atoms with Crippen molar-refractivity contribution >= 4 is 15.7 Å². The molecule has 1 aliphatic rings. The van der Waals surface area contributed by atoms with Gasteiger partial charge in [-0.25, -0.2) is 12.8 Å². The summed E-state index contributed by atoms with van der Waals surface area (Å²) >= 11 is 0. The smallest absolute Gasteiger partial charge is 0.234 e. The lowest BCUT2D eigenvalue weighted by Gasteiger charge is -2.19. The molecule has 0 spiro atoms. The number of sulfonamides is 1. The van der Waals surface area contributed by atoms with Crippen LogP contribution in [0.1, 0.15) is 25.7 Å². The van der Waals surface area contributed by atoms with Gasteiger partial charge in [-0.1, -0.05) is 0 Å². The maximum Gasteiger partial charge on any atom is 0.234 e. The monoisotopic (exact) mass is 300 g/mol. The summed E-state index contributed by atoms with van der Waals surface area (Å²) in [5, 5.41) is 3.36. The SMILES string of the molecule is CN(c1ccc(F)cc1)S(=O)(=O)CCCCNC1CC1. The van der Waals surface area contributed by atoms with E-state index in [9.17, 15) is 12.8 Å². The van der Waals surface area contributed by atoms with Crippen molar-refractivity contribution in [2.24, 2.45) is 0 Å². The molecular weight excluding hydrogens is 279 g/mol. The molecule has 0 unspecified atom stereocenters. The van der Waals surface area contributed by atoms with Crippen LogP contribution >= 0.6 is 0 Å². The number of anilines is 1. The van der Waals surface area contributed by atoms with Crippen LogP contribution in [0.25, 0.3) is 0 Å². The van der Waals surface area contributed by atoms with E-state index in [0.29, 0.717) is 18.2 Å². The number of hydrogen-bond donors (Lipinski definition) is 1. The Kier molecular flexibility index (Phi) is 4.99. The van der Waals surface area contributed by atoms with Crippen LogP contribution in [0.4, 0.5) is 10.1 Å². The lowest BCUT2D eigenvalue weighted by atomic mass is 10.3. The van der Waals surface area contributed by atoms with Gasteiger partial charge in [0.2, 0.25) is 10.0 Å². The van der Waals surface area contributed by atoms with Gasteiger partial charge in [0.15, 0.2) is 0 Å². The van der Waals surface area contributed by atoms with E-state index in [0.717, 1.165) is 13.0 Å². The lowest BCUT2D eigenvalue weighted by Crippen LogP contribution is -2.29. The van der Waals surface area contributed by atoms with Crippen molar-refractivity contribution in [3.8, 4) is 0 Å². The third-order valence-corrected chi connectivity index (χ3v) is 5.30. The Balaban J connectivity index is 1.80. The minimum absolute atomic E-state index is 0.118. The standard InChI is InChI=1S/C14H21FN2O2S/c1-17(14-8-4-12(15)5-9-14)20(18,19)11-3-2-10-16-13-6-7-13/h4-5,8-9,13,16H,2-3,6-7,10-11H2,1H3. The number of halogens is 1. The predicted octanol–water partition coefficient (Wildman–Crippen LogP) is 2.12. The fourth-order valence-corrected chi connectivity index (χ4v) is 3.24. The molecule has 4 nitrogen and oxygen atoms in total. The van der Waals surface area contributed by atoms with Crippen molar-refractivity contribution in [2.45, 2.75) is 31.7 Å². The highest BCUT2D eigenvalue weighted by atomic mass is 32.2. The highest BCUT2D eigenvalue weighted by molar-refractivity contribution is 7.92. The molecule has 1 fully saturated rings. The normalized spacial score (nSPS) is 15.3. The second-order valence-corrected chi connectivity index (χ2v) is 7.32. The Labute approximate surface area is 120 Å². The molecule has 2 rings (SSSR count). The highest BCUT2D eigenvalue weighted by Gasteiger charge is 2.20. The van der Waals surface area contributed by atoms with Crippen LogP contribution in [0.5, 0.6) is 0 Å². The van der Waals surface area contributed by atoms with E-state index in [1.807, 2.05) is 0 Å². The van der Waals surface area contributed by atoms with Gasteiger partial charge in [-0.15, -0.1) is 0 Å². The first-order chi connectivity index (χ1) is 9.49. The maximum atomic E-state index is 12.8. The van der Waals surface area contributed by atoms with Gasteiger partial charge in [-0.3, -0.25) is 4.31 Å². The molecule has 1 saturated carbocycles. The minimum atomic E-state index is -3.33. The molecule has 1 aromatic rings. The molecule has 0 aliphatic heterocycles. The van der Waals surface area contributed by atoms with E-state index in [4.69, 9.17) is 0 Å². The fourth-order valence-electron chi connectivity index (χ4n) is 1.95. The summed E-state index contributed by atoms with van der Waals surface area (Å²) in [6.07, 6.45) is 3.97. The maximum absolute atomic E-state index is 12.8. The molecule has 1 aromatic carbocycles. The van der Waals surface area contributed by atoms with E-state index in [2.05, 4.69) is 5.32 Å². The van der Waals surface area contributed by atoms with Gasteiger partial charge in [0.25, 0.3) is 0 Å². The van der Waals surface area contributed by atoms with Crippen LogP contribution in [0.3, 0.4) is 0 Å². The number of rotatable bonds is 8. The molecule has 0 bridgehead atoms. The Morgan fingerprint density at radius 3 is 2.50 bits per heavy atom. The molecule has 0 radical (unpaired) electrons. The molecule has 6 heteroatoms. The van der Waals surface area contributed by atoms with Crippen molar-refractivity contribution < 1.29 is 12.8 Å². The van der Waals surface area contributed by atoms with Gasteiger partial charge in [0.05, 0.1) is 11.4 Å². The molecule has 20 heavy (non-hydrogen) atoms. The van der Waals surface area contributed by atoms with Crippen molar-refractivity contribution in [2.75, 3.05) is 23.7 Å². The average molecular weight is 300 g/mol.